The second-order valence-electron chi connectivity index (χ2n) is 6.28. The predicted octanol–water partition coefficient (Wildman–Crippen LogP) is 2.05. The van der Waals surface area contributed by atoms with Gasteiger partial charge in [-0.05, 0) is 38.7 Å². The van der Waals surface area contributed by atoms with Crippen LogP contribution in [0.1, 0.15) is 45.1 Å². The standard InChI is InChI=1S/C17H25NO3/c1-13(19)11-15-9-6-10-18(15)16(20)12-17(2,21)14-7-4-3-5-8-14/h3-5,7-8,13,15,19,21H,6,9-12H2,1-2H3. The monoisotopic (exact) mass is 291 g/mol. The van der Waals surface area contributed by atoms with Crippen LogP contribution in [0, 0.1) is 0 Å². The topological polar surface area (TPSA) is 60.8 Å². The SMILES string of the molecule is CC(O)CC1CCCN1C(=O)CC(C)(O)c1ccccc1. The molecule has 21 heavy (non-hydrogen) atoms. The van der Waals surface area contributed by atoms with Crippen molar-refractivity contribution in [2.75, 3.05) is 6.54 Å². The number of aliphatic hydroxyl groups excluding tert-OH is 1. The van der Waals surface area contributed by atoms with Crippen molar-refractivity contribution >= 4 is 5.91 Å². The van der Waals surface area contributed by atoms with Crippen LogP contribution in [0.15, 0.2) is 30.3 Å². The maximum Gasteiger partial charge on any atom is 0.226 e. The van der Waals surface area contributed by atoms with Gasteiger partial charge in [0.25, 0.3) is 0 Å². The van der Waals surface area contributed by atoms with Crippen molar-refractivity contribution in [1.82, 2.24) is 4.90 Å². The maximum atomic E-state index is 12.5. The fourth-order valence-electron chi connectivity index (χ4n) is 3.10. The molecule has 3 atom stereocenters. The van der Waals surface area contributed by atoms with Gasteiger partial charge in [-0.25, -0.2) is 0 Å². The number of nitrogens with zero attached hydrogens (tertiary/aromatic N) is 1. The van der Waals surface area contributed by atoms with Crippen molar-refractivity contribution in [2.24, 2.45) is 0 Å². The average molecular weight is 291 g/mol. The second-order valence-corrected chi connectivity index (χ2v) is 6.28. The number of rotatable bonds is 5. The number of carbonyl (C=O) groups excluding carboxylic acids is 1. The van der Waals surface area contributed by atoms with Crippen LogP contribution in [-0.2, 0) is 10.4 Å². The van der Waals surface area contributed by atoms with Gasteiger partial charge in [-0.3, -0.25) is 4.79 Å². The lowest BCUT2D eigenvalue weighted by molar-refractivity contribution is -0.137. The van der Waals surface area contributed by atoms with Crippen LogP contribution in [0.25, 0.3) is 0 Å². The van der Waals surface area contributed by atoms with E-state index in [0.29, 0.717) is 6.42 Å². The molecule has 3 unspecified atom stereocenters. The third kappa shape index (κ3) is 4.05. The Balaban J connectivity index is 2.03. The number of carbonyl (C=O) groups is 1. The Kier molecular flexibility index (Phi) is 5.01. The van der Waals surface area contributed by atoms with E-state index in [0.717, 1.165) is 24.9 Å². The quantitative estimate of drug-likeness (QED) is 0.873. The first-order valence-corrected chi connectivity index (χ1v) is 7.65. The summed E-state index contributed by atoms with van der Waals surface area (Å²) < 4.78 is 0. The third-order valence-corrected chi connectivity index (χ3v) is 4.20. The molecule has 0 aromatic heterocycles. The summed E-state index contributed by atoms with van der Waals surface area (Å²) in [6, 6.07) is 9.39. The normalized spacial score (nSPS) is 22.9. The Hall–Kier alpha value is -1.39. The first kappa shape index (κ1) is 16.0. The van der Waals surface area contributed by atoms with E-state index in [-0.39, 0.29) is 18.4 Å². The Morgan fingerprint density at radius 3 is 2.71 bits per heavy atom. The minimum atomic E-state index is -1.16. The summed E-state index contributed by atoms with van der Waals surface area (Å²) in [7, 11) is 0. The van der Waals surface area contributed by atoms with Crippen LogP contribution < -0.4 is 0 Å². The van der Waals surface area contributed by atoms with Crippen molar-refractivity contribution in [3.05, 3.63) is 35.9 Å². The van der Waals surface area contributed by atoms with Gasteiger partial charge < -0.3 is 15.1 Å². The summed E-state index contributed by atoms with van der Waals surface area (Å²) in [5.41, 5.74) is -0.402. The van der Waals surface area contributed by atoms with E-state index in [4.69, 9.17) is 0 Å². The van der Waals surface area contributed by atoms with Crippen LogP contribution in [0.2, 0.25) is 0 Å². The van der Waals surface area contributed by atoms with Crippen molar-refractivity contribution in [3.8, 4) is 0 Å². The summed E-state index contributed by atoms with van der Waals surface area (Å²) in [5.74, 6) is -0.0352. The summed E-state index contributed by atoms with van der Waals surface area (Å²) in [6.07, 6.45) is 2.19. The van der Waals surface area contributed by atoms with Crippen LogP contribution in [0.5, 0.6) is 0 Å². The number of hydrogen-bond acceptors (Lipinski definition) is 3. The van der Waals surface area contributed by atoms with Crippen LogP contribution in [-0.4, -0.2) is 39.7 Å². The highest BCUT2D eigenvalue weighted by atomic mass is 16.3. The zero-order chi connectivity index (χ0) is 15.5. The Bertz CT molecular complexity index is 470. The molecule has 4 heteroatoms. The van der Waals surface area contributed by atoms with Crippen LogP contribution in [0.4, 0.5) is 0 Å². The van der Waals surface area contributed by atoms with Gasteiger partial charge >= 0.3 is 0 Å². The maximum absolute atomic E-state index is 12.5. The molecule has 0 saturated carbocycles. The Labute approximate surface area is 126 Å². The van der Waals surface area contributed by atoms with Gasteiger partial charge in [-0.15, -0.1) is 0 Å². The first-order chi connectivity index (χ1) is 9.90. The van der Waals surface area contributed by atoms with E-state index in [1.54, 1.807) is 13.8 Å². The number of hydrogen-bond donors (Lipinski definition) is 2. The van der Waals surface area contributed by atoms with Gasteiger partial charge in [0.05, 0.1) is 18.1 Å². The van der Waals surface area contributed by atoms with Crippen molar-refractivity contribution in [3.63, 3.8) is 0 Å². The molecule has 1 aromatic carbocycles. The number of likely N-dealkylation sites (tertiary alicyclic amines) is 1. The molecule has 0 radical (unpaired) electrons. The van der Waals surface area contributed by atoms with Gasteiger partial charge in [0.2, 0.25) is 5.91 Å². The van der Waals surface area contributed by atoms with E-state index in [1.165, 1.54) is 0 Å². The lowest BCUT2D eigenvalue weighted by Gasteiger charge is -2.30. The highest BCUT2D eigenvalue weighted by molar-refractivity contribution is 5.78. The molecule has 1 aliphatic heterocycles. The first-order valence-electron chi connectivity index (χ1n) is 7.65. The molecule has 1 aromatic rings. The Morgan fingerprint density at radius 1 is 1.43 bits per heavy atom. The van der Waals surface area contributed by atoms with Crippen LogP contribution >= 0.6 is 0 Å². The second kappa shape index (κ2) is 6.58. The molecule has 0 aliphatic carbocycles. The molecule has 4 nitrogen and oxygen atoms in total. The predicted molar refractivity (Wildman–Crippen MR) is 81.7 cm³/mol. The lowest BCUT2D eigenvalue weighted by Crippen LogP contribution is -2.40. The minimum absolute atomic E-state index is 0.0352. The molecular formula is C17H25NO3. The van der Waals surface area contributed by atoms with Crippen LogP contribution in [0.3, 0.4) is 0 Å². The van der Waals surface area contributed by atoms with Gasteiger partial charge in [-0.2, -0.15) is 0 Å². The molecule has 1 amide bonds. The molecule has 2 N–H and O–H groups in total. The zero-order valence-electron chi connectivity index (χ0n) is 12.8. The highest BCUT2D eigenvalue weighted by Gasteiger charge is 2.34. The molecule has 116 valence electrons. The fraction of sp³-hybridized carbons (Fsp3) is 0.588. The van der Waals surface area contributed by atoms with E-state index in [9.17, 15) is 15.0 Å². The van der Waals surface area contributed by atoms with E-state index >= 15 is 0 Å². The molecule has 1 aliphatic rings. The summed E-state index contributed by atoms with van der Waals surface area (Å²) in [5, 5.41) is 20.1. The minimum Gasteiger partial charge on any atom is -0.393 e. The molecule has 1 saturated heterocycles. The third-order valence-electron chi connectivity index (χ3n) is 4.20. The molecule has 0 bridgehead atoms. The van der Waals surface area contributed by atoms with Crippen molar-refractivity contribution in [1.29, 1.82) is 0 Å². The average Bonchev–Trinajstić information content (AvgIpc) is 2.86. The smallest absolute Gasteiger partial charge is 0.226 e. The molecule has 1 heterocycles. The molecular weight excluding hydrogens is 266 g/mol. The summed E-state index contributed by atoms with van der Waals surface area (Å²) >= 11 is 0. The number of benzene rings is 1. The van der Waals surface area contributed by atoms with Crippen molar-refractivity contribution < 1.29 is 15.0 Å². The largest absolute Gasteiger partial charge is 0.393 e. The summed E-state index contributed by atoms with van der Waals surface area (Å²) in [6.45, 7) is 4.15. The van der Waals surface area contributed by atoms with E-state index in [1.807, 2.05) is 35.2 Å². The lowest BCUT2D eigenvalue weighted by atomic mass is 9.92. The highest BCUT2D eigenvalue weighted by Crippen LogP contribution is 2.28. The van der Waals surface area contributed by atoms with Gasteiger partial charge in [0.15, 0.2) is 0 Å². The Morgan fingerprint density at radius 2 is 2.10 bits per heavy atom. The van der Waals surface area contributed by atoms with Crippen molar-refractivity contribution in [2.45, 2.75) is 57.3 Å². The zero-order valence-corrected chi connectivity index (χ0v) is 12.8. The number of aliphatic hydroxyl groups is 2. The summed E-state index contributed by atoms with van der Waals surface area (Å²) in [4.78, 5) is 14.3. The van der Waals surface area contributed by atoms with E-state index in [2.05, 4.69) is 0 Å². The molecule has 0 spiro atoms. The van der Waals surface area contributed by atoms with Gasteiger partial charge in [0.1, 0.15) is 0 Å². The van der Waals surface area contributed by atoms with Gasteiger partial charge in [0, 0.05) is 12.6 Å². The van der Waals surface area contributed by atoms with Gasteiger partial charge in [-0.1, -0.05) is 30.3 Å². The van der Waals surface area contributed by atoms with E-state index < -0.39 is 11.7 Å². The molecule has 1 fully saturated rings. The fourth-order valence-corrected chi connectivity index (χ4v) is 3.10. The number of amides is 1. The molecule has 2 rings (SSSR count).